The summed E-state index contributed by atoms with van der Waals surface area (Å²) in [6.07, 6.45) is -0.245. The van der Waals surface area contributed by atoms with Gasteiger partial charge in [-0.05, 0) is 46.7 Å². The second-order valence-electron chi connectivity index (χ2n) is 5.36. The molecule has 2 nitrogen and oxygen atoms in total. The second kappa shape index (κ2) is 5.21. The Labute approximate surface area is 91.0 Å². The molecule has 1 heterocycles. The maximum Gasteiger partial charge on any atom is 0.251 e. The smallest absolute Gasteiger partial charge is 0.251 e. The lowest BCUT2D eigenvalue weighted by molar-refractivity contribution is 0.0707. The van der Waals surface area contributed by atoms with Gasteiger partial charge in [-0.1, -0.05) is 0 Å². The highest BCUT2D eigenvalue weighted by molar-refractivity contribution is 4.83. The first-order valence-electron chi connectivity index (χ1n) is 5.65. The molecule has 90 valence electrons. The minimum atomic E-state index is -2.20. The highest BCUT2D eigenvalue weighted by Crippen LogP contribution is 2.14. The quantitative estimate of drug-likeness (QED) is 0.783. The molecule has 1 aliphatic rings. The third-order valence-electron chi connectivity index (χ3n) is 2.62. The van der Waals surface area contributed by atoms with E-state index in [1.807, 2.05) is 4.90 Å². The first-order valence-corrected chi connectivity index (χ1v) is 5.65. The first kappa shape index (κ1) is 12.8. The van der Waals surface area contributed by atoms with Gasteiger partial charge in [0.1, 0.15) is 0 Å². The molecule has 0 amide bonds. The van der Waals surface area contributed by atoms with Crippen LogP contribution in [0.15, 0.2) is 0 Å². The molecule has 4 heteroatoms. The summed E-state index contributed by atoms with van der Waals surface area (Å²) in [7, 11) is 0. The Morgan fingerprint density at radius 2 is 1.80 bits per heavy atom. The predicted molar refractivity (Wildman–Crippen MR) is 58.4 cm³/mol. The fourth-order valence-corrected chi connectivity index (χ4v) is 2.07. The Balaban J connectivity index is 2.24. The molecule has 0 saturated carbocycles. The van der Waals surface area contributed by atoms with E-state index in [1.54, 1.807) is 0 Å². The largest absolute Gasteiger partial charge is 0.309 e. The van der Waals surface area contributed by atoms with E-state index in [1.165, 1.54) is 0 Å². The molecule has 0 aliphatic carbocycles. The van der Waals surface area contributed by atoms with Crippen molar-refractivity contribution in [2.24, 2.45) is 0 Å². The number of hydrogen-bond donors (Lipinski definition) is 1. The van der Waals surface area contributed by atoms with E-state index in [-0.39, 0.29) is 12.1 Å². The number of nitrogens with one attached hydrogen (secondary N) is 1. The zero-order valence-corrected chi connectivity index (χ0v) is 9.89. The molecule has 0 bridgehead atoms. The van der Waals surface area contributed by atoms with Crippen molar-refractivity contribution in [1.29, 1.82) is 0 Å². The van der Waals surface area contributed by atoms with Crippen molar-refractivity contribution in [3.63, 3.8) is 0 Å². The van der Waals surface area contributed by atoms with Gasteiger partial charge < -0.3 is 5.32 Å². The van der Waals surface area contributed by atoms with Crippen LogP contribution in [-0.4, -0.2) is 42.5 Å². The summed E-state index contributed by atoms with van der Waals surface area (Å²) in [6, 6.07) is 0.485. The normalized spacial score (nSPS) is 21.2. The van der Waals surface area contributed by atoms with E-state index in [0.717, 1.165) is 25.9 Å². The number of piperidine rings is 1. The molecule has 1 fully saturated rings. The standard InChI is InChI=1S/C11H22F2N2/c1-11(2,3)14-9-4-6-15(7-5-9)8-10(12)13/h9-10,14H,4-8H2,1-3H3. The number of rotatable bonds is 3. The third-order valence-corrected chi connectivity index (χ3v) is 2.62. The Kier molecular flexibility index (Phi) is 4.46. The Bertz CT molecular complexity index is 182. The highest BCUT2D eigenvalue weighted by atomic mass is 19.3. The Morgan fingerprint density at radius 1 is 1.27 bits per heavy atom. The molecule has 0 unspecified atom stereocenters. The zero-order chi connectivity index (χ0) is 11.5. The molecule has 1 saturated heterocycles. The van der Waals surface area contributed by atoms with Crippen molar-refractivity contribution in [3.8, 4) is 0 Å². The van der Waals surface area contributed by atoms with Crippen LogP contribution in [0.25, 0.3) is 0 Å². The number of likely N-dealkylation sites (tertiary alicyclic amines) is 1. The molecule has 0 spiro atoms. The average Bonchev–Trinajstić information content (AvgIpc) is 2.05. The van der Waals surface area contributed by atoms with Crippen LogP contribution in [-0.2, 0) is 0 Å². The lowest BCUT2D eigenvalue weighted by Gasteiger charge is -2.36. The van der Waals surface area contributed by atoms with Crippen LogP contribution in [0.2, 0.25) is 0 Å². The van der Waals surface area contributed by atoms with Crippen molar-refractivity contribution in [3.05, 3.63) is 0 Å². The Hall–Kier alpha value is -0.220. The van der Waals surface area contributed by atoms with Gasteiger partial charge in [0.2, 0.25) is 0 Å². The van der Waals surface area contributed by atoms with Crippen LogP contribution in [0.3, 0.4) is 0 Å². The molecule has 1 N–H and O–H groups in total. The Morgan fingerprint density at radius 3 is 2.20 bits per heavy atom. The van der Waals surface area contributed by atoms with Crippen molar-refractivity contribution in [2.45, 2.75) is 51.6 Å². The third kappa shape index (κ3) is 5.42. The van der Waals surface area contributed by atoms with Gasteiger partial charge in [-0.25, -0.2) is 8.78 Å². The molecule has 1 rings (SSSR count). The van der Waals surface area contributed by atoms with Gasteiger partial charge in [0.05, 0.1) is 6.54 Å². The minimum absolute atomic E-state index is 0.0672. The molecule has 0 radical (unpaired) electrons. The number of halogens is 2. The molecule has 1 aliphatic heterocycles. The molecular weight excluding hydrogens is 198 g/mol. The fraction of sp³-hybridized carbons (Fsp3) is 1.00. The van der Waals surface area contributed by atoms with Crippen LogP contribution in [0, 0.1) is 0 Å². The van der Waals surface area contributed by atoms with Crippen LogP contribution in [0.5, 0.6) is 0 Å². The fourth-order valence-electron chi connectivity index (χ4n) is 2.07. The molecule has 0 aromatic rings. The summed E-state index contributed by atoms with van der Waals surface area (Å²) in [5.41, 5.74) is 0.121. The minimum Gasteiger partial charge on any atom is -0.309 e. The highest BCUT2D eigenvalue weighted by Gasteiger charge is 2.23. The van der Waals surface area contributed by atoms with Crippen LogP contribution < -0.4 is 5.32 Å². The summed E-state index contributed by atoms with van der Waals surface area (Å²) in [4.78, 5) is 1.85. The van der Waals surface area contributed by atoms with E-state index in [2.05, 4.69) is 26.1 Å². The summed E-state index contributed by atoms with van der Waals surface area (Å²) in [5.74, 6) is 0. The number of nitrogens with zero attached hydrogens (tertiary/aromatic N) is 1. The molecule has 0 aromatic carbocycles. The monoisotopic (exact) mass is 220 g/mol. The molecule has 0 aromatic heterocycles. The maximum atomic E-state index is 12.1. The number of alkyl halides is 2. The summed E-state index contributed by atoms with van der Waals surface area (Å²) >= 11 is 0. The van der Waals surface area contributed by atoms with Crippen molar-refractivity contribution in [1.82, 2.24) is 10.2 Å². The van der Waals surface area contributed by atoms with Crippen LogP contribution >= 0.6 is 0 Å². The zero-order valence-electron chi connectivity index (χ0n) is 9.89. The van der Waals surface area contributed by atoms with Gasteiger partial charge in [0.25, 0.3) is 6.43 Å². The van der Waals surface area contributed by atoms with Gasteiger partial charge in [0, 0.05) is 11.6 Å². The number of hydrogen-bond acceptors (Lipinski definition) is 2. The summed E-state index contributed by atoms with van der Waals surface area (Å²) in [6.45, 7) is 7.92. The summed E-state index contributed by atoms with van der Waals surface area (Å²) < 4.78 is 24.3. The van der Waals surface area contributed by atoms with Gasteiger partial charge >= 0.3 is 0 Å². The van der Waals surface area contributed by atoms with Gasteiger partial charge in [-0.15, -0.1) is 0 Å². The second-order valence-corrected chi connectivity index (χ2v) is 5.36. The van der Waals surface area contributed by atoms with E-state index < -0.39 is 6.43 Å². The van der Waals surface area contributed by atoms with E-state index >= 15 is 0 Å². The summed E-state index contributed by atoms with van der Waals surface area (Å²) in [5, 5.41) is 3.52. The van der Waals surface area contributed by atoms with E-state index in [4.69, 9.17) is 0 Å². The van der Waals surface area contributed by atoms with Gasteiger partial charge in [-0.3, -0.25) is 4.90 Å². The molecule has 0 atom stereocenters. The average molecular weight is 220 g/mol. The van der Waals surface area contributed by atoms with Crippen LogP contribution in [0.1, 0.15) is 33.6 Å². The predicted octanol–water partition coefficient (Wildman–Crippen LogP) is 2.10. The first-order chi connectivity index (χ1) is 6.87. The molecular formula is C11H22F2N2. The van der Waals surface area contributed by atoms with E-state index in [9.17, 15) is 8.78 Å². The van der Waals surface area contributed by atoms with Crippen molar-refractivity contribution >= 4 is 0 Å². The van der Waals surface area contributed by atoms with Gasteiger partial charge in [-0.2, -0.15) is 0 Å². The van der Waals surface area contributed by atoms with E-state index in [0.29, 0.717) is 6.04 Å². The van der Waals surface area contributed by atoms with Crippen LogP contribution in [0.4, 0.5) is 8.78 Å². The van der Waals surface area contributed by atoms with Crippen molar-refractivity contribution < 1.29 is 8.78 Å². The van der Waals surface area contributed by atoms with Gasteiger partial charge in [0.15, 0.2) is 0 Å². The van der Waals surface area contributed by atoms with Crippen molar-refractivity contribution in [2.75, 3.05) is 19.6 Å². The lowest BCUT2D eigenvalue weighted by atomic mass is 10.00. The topological polar surface area (TPSA) is 15.3 Å². The SMILES string of the molecule is CC(C)(C)NC1CCN(CC(F)F)CC1. The maximum absolute atomic E-state index is 12.1. The molecule has 15 heavy (non-hydrogen) atoms. The lowest BCUT2D eigenvalue weighted by Crippen LogP contribution is -2.49.